The quantitative estimate of drug-likeness (QED) is 0.800. The predicted molar refractivity (Wildman–Crippen MR) is 85.5 cm³/mol. The molecule has 0 saturated heterocycles. The largest absolute Gasteiger partial charge is 0.326 e. The lowest BCUT2D eigenvalue weighted by Crippen LogP contribution is -2.57. The molecule has 112 valence electrons. The number of amides is 1. The van der Waals surface area contributed by atoms with E-state index in [1.165, 1.54) is 12.0 Å². The summed E-state index contributed by atoms with van der Waals surface area (Å²) in [6, 6.07) is 8.06. The van der Waals surface area contributed by atoms with Gasteiger partial charge in [0, 0.05) is 10.6 Å². The van der Waals surface area contributed by atoms with Gasteiger partial charge in [-0.05, 0) is 69.4 Å². The van der Waals surface area contributed by atoms with Gasteiger partial charge in [0.25, 0.3) is 0 Å². The number of aryl methyl sites for hydroxylation is 1. The van der Waals surface area contributed by atoms with Gasteiger partial charge in [0.2, 0.25) is 5.91 Å². The van der Waals surface area contributed by atoms with E-state index in [1.54, 1.807) is 0 Å². The summed E-state index contributed by atoms with van der Waals surface area (Å²) in [5, 5.41) is 3.15. The third-order valence-corrected chi connectivity index (χ3v) is 6.22. The second kappa shape index (κ2) is 4.49. The second-order valence-electron chi connectivity index (χ2n) is 7.71. The molecule has 1 aromatic rings. The first-order valence-corrected chi connectivity index (χ1v) is 8.41. The van der Waals surface area contributed by atoms with E-state index in [9.17, 15) is 4.79 Å². The van der Waals surface area contributed by atoms with Crippen LogP contribution in [0.5, 0.6) is 0 Å². The second-order valence-corrected chi connectivity index (χ2v) is 8.51. The number of nitrogens with one attached hydrogen (secondary N) is 1. The van der Waals surface area contributed by atoms with Crippen molar-refractivity contribution in [2.24, 2.45) is 17.3 Å². The van der Waals surface area contributed by atoms with Crippen molar-refractivity contribution in [2.75, 3.05) is 5.32 Å². The Morgan fingerprint density at radius 2 is 1.76 bits per heavy atom. The summed E-state index contributed by atoms with van der Waals surface area (Å²) in [6.07, 6.45) is 6.46. The van der Waals surface area contributed by atoms with E-state index in [0.29, 0.717) is 11.8 Å². The molecule has 4 atom stereocenters. The van der Waals surface area contributed by atoms with Gasteiger partial charge in [-0.3, -0.25) is 4.79 Å². The van der Waals surface area contributed by atoms with Crippen LogP contribution in [0.1, 0.15) is 44.1 Å². The van der Waals surface area contributed by atoms with Crippen LogP contribution in [0.25, 0.3) is 0 Å². The van der Waals surface area contributed by atoms with Crippen LogP contribution < -0.4 is 5.32 Å². The Kier molecular flexibility index (Phi) is 2.91. The zero-order valence-corrected chi connectivity index (χ0v) is 13.2. The van der Waals surface area contributed by atoms with Crippen LogP contribution in [-0.2, 0) is 4.79 Å². The van der Waals surface area contributed by atoms with E-state index in [0.717, 1.165) is 37.8 Å². The summed E-state index contributed by atoms with van der Waals surface area (Å²) < 4.78 is 0. The lowest BCUT2D eigenvalue weighted by molar-refractivity contribution is -0.138. The molecule has 4 bridgehead atoms. The molecular formula is C18H22ClNO. The van der Waals surface area contributed by atoms with Crippen LogP contribution in [0.3, 0.4) is 0 Å². The molecular weight excluding hydrogens is 282 g/mol. The first kappa shape index (κ1) is 13.6. The Labute approximate surface area is 131 Å². The molecule has 3 heteroatoms. The van der Waals surface area contributed by atoms with Crippen molar-refractivity contribution in [3.05, 3.63) is 29.8 Å². The molecule has 0 aliphatic heterocycles. The maximum atomic E-state index is 12.9. The average molecular weight is 304 g/mol. The SMILES string of the molecule is Cc1ccc(NC(=O)C23C[C@@H]4C[C@@H](CC(Cl)(C4)C2)C3)cc1. The molecule has 4 aliphatic rings. The van der Waals surface area contributed by atoms with E-state index in [2.05, 4.69) is 12.2 Å². The number of carbonyl (C=O) groups excluding carboxylic acids is 1. The fourth-order valence-corrected chi connectivity index (χ4v) is 6.01. The highest BCUT2D eigenvalue weighted by Gasteiger charge is 2.60. The number of alkyl halides is 1. The van der Waals surface area contributed by atoms with Gasteiger partial charge in [0.05, 0.1) is 5.41 Å². The first-order chi connectivity index (χ1) is 9.96. The summed E-state index contributed by atoms with van der Waals surface area (Å²) in [6.45, 7) is 2.06. The minimum Gasteiger partial charge on any atom is -0.326 e. The Morgan fingerprint density at radius 1 is 1.14 bits per heavy atom. The number of hydrogen-bond donors (Lipinski definition) is 1. The van der Waals surface area contributed by atoms with Gasteiger partial charge in [-0.2, -0.15) is 0 Å². The summed E-state index contributed by atoms with van der Waals surface area (Å²) in [7, 11) is 0. The van der Waals surface area contributed by atoms with E-state index < -0.39 is 0 Å². The van der Waals surface area contributed by atoms with Gasteiger partial charge >= 0.3 is 0 Å². The fraction of sp³-hybridized carbons (Fsp3) is 0.611. The molecule has 2 nitrogen and oxygen atoms in total. The van der Waals surface area contributed by atoms with E-state index >= 15 is 0 Å². The molecule has 0 radical (unpaired) electrons. The van der Waals surface area contributed by atoms with Crippen LogP contribution >= 0.6 is 11.6 Å². The maximum absolute atomic E-state index is 12.9. The number of anilines is 1. The zero-order chi connectivity index (χ0) is 14.7. The van der Waals surface area contributed by atoms with Crippen molar-refractivity contribution < 1.29 is 4.79 Å². The molecule has 1 aromatic carbocycles. The molecule has 0 spiro atoms. The minimum absolute atomic E-state index is 0.102. The molecule has 4 saturated carbocycles. The van der Waals surface area contributed by atoms with E-state index in [1.807, 2.05) is 24.3 Å². The van der Waals surface area contributed by atoms with Gasteiger partial charge in [0.15, 0.2) is 0 Å². The van der Waals surface area contributed by atoms with Gasteiger partial charge < -0.3 is 5.32 Å². The van der Waals surface area contributed by atoms with Crippen LogP contribution in [0, 0.1) is 24.2 Å². The van der Waals surface area contributed by atoms with Gasteiger partial charge in [-0.15, -0.1) is 11.6 Å². The number of rotatable bonds is 2. The van der Waals surface area contributed by atoms with Crippen LogP contribution in [0.15, 0.2) is 24.3 Å². The normalized spacial score (nSPS) is 40.3. The first-order valence-electron chi connectivity index (χ1n) is 8.04. The lowest BCUT2D eigenvalue weighted by atomic mass is 9.49. The van der Waals surface area contributed by atoms with Crippen molar-refractivity contribution in [1.82, 2.24) is 0 Å². The number of halogens is 1. The van der Waals surface area contributed by atoms with Crippen molar-refractivity contribution in [1.29, 1.82) is 0 Å². The van der Waals surface area contributed by atoms with Gasteiger partial charge in [-0.25, -0.2) is 0 Å². The molecule has 2 unspecified atom stereocenters. The third-order valence-electron chi connectivity index (χ3n) is 5.78. The minimum atomic E-state index is -0.212. The van der Waals surface area contributed by atoms with Gasteiger partial charge in [-0.1, -0.05) is 17.7 Å². The highest BCUT2D eigenvalue weighted by atomic mass is 35.5. The average Bonchev–Trinajstić information content (AvgIpc) is 2.38. The predicted octanol–water partition coefficient (Wildman–Crippen LogP) is 4.51. The monoisotopic (exact) mass is 303 g/mol. The van der Waals surface area contributed by atoms with Crippen LogP contribution in [0.4, 0.5) is 5.69 Å². The number of carbonyl (C=O) groups is 1. The zero-order valence-electron chi connectivity index (χ0n) is 12.5. The van der Waals surface area contributed by atoms with Crippen molar-refractivity contribution in [2.45, 2.75) is 50.3 Å². The highest BCUT2D eigenvalue weighted by Crippen LogP contribution is 2.64. The Hall–Kier alpha value is -1.02. The number of benzene rings is 1. The molecule has 4 aliphatic carbocycles. The Morgan fingerprint density at radius 3 is 2.33 bits per heavy atom. The highest BCUT2D eigenvalue weighted by molar-refractivity contribution is 6.24. The molecule has 4 fully saturated rings. The van der Waals surface area contributed by atoms with Crippen molar-refractivity contribution in [3.8, 4) is 0 Å². The maximum Gasteiger partial charge on any atom is 0.230 e. The fourth-order valence-electron chi connectivity index (χ4n) is 5.32. The Bertz CT molecular complexity index is 565. The molecule has 5 rings (SSSR count). The molecule has 0 heterocycles. The number of hydrogen-bond acceptors (Lipinski definition) is 1. The van der Waals surface area contributed by atoms with Crippen LogP contribution in [0.2, 0.25) is 0 Å². The van der Waals surface area contributed by atoms with E-state index in [4.69, 9.17) is 11.6 Å². The lowest BCUT2D eigenvalue weighted by Gasteiger charge is -2.59. The molecule has 21 heavy (non-hydrogen) atoms. The Balaban J connectivity index is 1.57. The van der Waals surface area contributed by atoms with Crippen molar-refractivity contribution in [3.63, 3.8) is 0 Å². The summed E-state index contributed by atoms with van der Waals surface area (Å²) >= 11 is 6.81. The third kappa shape index (κ3) is 2.28. The topological polar surface area (TPSA) is 29.1 Å². The van der Waals surface area contributed by atoms with Crippen LogP contribution in [-0.4, -0.2) is 10.8 Å². The van der Waals surface area contributed by atoms with Crippen molar-refractivity contribution >= 4 is 23.2 Å². The summed E-state index contributed by atoms with van der Waals surface area (Å²) in [5.41, 5.74) is 1.91. The van der Waals surface area contributed by atoms with Gasteiger partial charge in [0.1, 0.15) is 0 Å². The molecule has 0 aromatic heterocycles. The van der Waals surface area contributed by atoms with E-state index in [-0.39, 0.29) is 16.2 Å². The molecule has 1 amide bonds. The smallest absolute Gasteiger partial charge is 0.230 e. The summed E-state index contributed by atoms with van der Waals surface area (Å²) in [5.74, 6) is 1.52. The molecule has 1 N–H and O–H groups in total. The standard InChI is InChI=1S/C18H22ClNO/c1-12-2-4-15(5-3-12)20-16(21)17-7-13-6-14(8-17)10-18(19,9-13)11-17/h2-5,13-14H,6-11H2,1H3,(H,20,21)/t13-,14+,17?,18?. The summed E-state index contributed by atoms with van der Waals surface area (Å²) in [4.78, 5) is 12.8.